The highest BCUT2D eigenvalue weighted by Crippen LogP contribution is 2.07. The van der Waals surface area contributed by atoms with Crippen LogP contribution < -0.4 is 0 Å². The molecule has 20 heavy (non-hydrogen) atoms. The topological polar surface area (TPSA) is 43.4 Å². The first-order valence-corrected chi connectivity index (χ1v) is 7.64. The Balaban J connectivity index is 1.53. The zero-order valence-corrected chi connectivity index (χ0v) is 12.8. The molecule has 2 rings (SSSR count). The molecule has 0 N–H and O–H groups in total. The second-order valence-electron chi connectivity index (χ2n) is 5.24. The van der Waals surface area contributed by atoms with Crippen LogP contribution in [-0.2, 0) is 18.9 Å². The van der Waals surface area contributed by atoms with Crippen LogP contribution in [0.2, 0.25) is 0 Å². The fraction of sp³-hybridized carbons (Fsp3) is 1.00. The summed E-state index contributed by atoms with van der Waals surface area (Å²) in [6, 6.07) is 0. The normalized spacial score (nSPS) is 25.5. The van der Waals surface area contributed by atoms with Gasteiger partial charge in [0, 0.05) is 26.2 Å². The molecule has 2 unspecified atom stereocenters. The van der Waals surface area contributed by atoms with E-state index in [0.29, 0.717) is 13.2 Å². The van der Waals surface area contributed by atoms with Crippen molar-refractivity contribution in [1.29, 1.82) is 0 Å². The largest absolute Gasteiger partial charge is 0.379 e. The molecular weight excluding hydrogens is 260 g/mol. The van der Waals surface area contributed by atoms with Gasteiger partial charge in [-0.05, 0) is 13.8 Å². The van der Waals surface area contributed by atoms with Gasteiger partial charge in [-0.15, -0.1) is 0 Å². The van der Waals surface area contributed by atoms with Crippen molar-refractivity contribution < 1.29 is 18.9 Å². The van der Waals surface area contributed by atoms with Gasteiger partial charge >= 0.3 is 0 Å². The molecular formula is C14H28N2O4. The minimum atomic E-state index is 0.140. The summed E-state index contributed by atoms with van der Waals surface area (Å²) in [7, 11) is 0. The van der Waals surface area contributed by atoms with Gasteiger partial charge in [0.1, 0.15) is 12.5 Å². The molecule has 0 aromatic rings. The number of rotatable bonds is 7. The first-order valence-electron chi connectivity index (χ1n) is 7.64. The van der Waals surface area contributed by atoms with E-state index in [1.165, 1.54) is 0 Å². The highest BCUT2D eigenvalue weighted by Gasteiger charge is 2.19. The zero-order valence-electron chi connectivity index (χ0n) is 12.8. The highest BCUT2D eigenvalue weighted by atomic mass is 16.6. The van der Waals surface area contributed by atoms with Crippen molar-refractivity contribution in [2.75, 3.05) is 65.8 Å². The van der Waals surface area contributed by atoms with Gasteiger partial charge in [0.15, 0.2) is 0 Å². The second kappa shape index (κ2) is 8.92. The Morgan fingerprint density at radius 2 is 1.10 bits per heavy atom. The summed E-state index contributed by atoms with van der Waals surface area (Å²) in [5, 5.41) is 0. The third kappa shape index (κ3) is 5.27. The number of hydrogen-bond acceptors (Lipinski definition) is 6. The Morgan fingerprint density at radius 1 is 0.750 bits per heavy atom. The van der Waals surface area contributed by atoms with E-state index in [2.05, 4.69) is 23.6 Å². The summed E-state index contributed by atoms with van der Waals surface area (Å²) in [5.74, 6) is 0. The Labute approximate surface area is 121 Å². The molecule has 6 nitrogen and oxygen atoms in total. The molecule has 0 radical (unpaired) electrons. The van der Waals surface area contributed by atoms with E-state index < -0.39 is 0 Å². The number of hydrogen-bond donors (Lipinski definition) is 0. The summed E-state index contributed by atoms with van der Waals surface area (Å²) < 4.78 is 22.3. The molecule has 2 saturated heterocycles. The van der Waals surface area contributed by atoms with Crippen molar-refractivity contribution >= 4 is 0 Å². The van der Waals surface area contributed by atoms with Crippen molar-refractivity contribution in [3.05, 3.63) is 0 Å². The minimum absolute atomic E-state index is 0.140. The summed E-state index contributed by atoms with van der Waals surface area (Å²) in [4.78, 5) is 4.60. The van der Waals surface area contributed by atoms with Gasteiger partial charge in [0.25, 0.3) is 0 Å². The summed E-state index contributed by atoms with van der Waals surface area (Å²) in [5.41, 5.74) is 0. The fourth-order valence-corrected chi connectivity index (χ4v) is 2.53. The molecule has 0 aliphatic carbocycles. The van der Waals surface area contributed by atoms with Gasteiger partial charge < -0.3 is 18.9 Å². The molecule has 0 bridgehead atoms. The summed E-state index contributed by atoms with van der Waals surface area (Å²) >= 11 is 0. The van der Waals surface area contributed by atoms with Gasteiger partial charge in [-0.1, -0.05) is 0 Å². The van der Waals surface area contributed by atoms with E-state index in [4.69, 9.17) is 18.9 Å². The molecule has 0 amide bonds. The molecule has 0 aromatic heterocycles. The van der Waals surface area contributed by atoms with Gasteiger partial charge in [0.2, 0.25) is 0 Å². The lowest BCUT2D eigenvalue weighted by Crippen LogP contribution is -2.45. The number of ether oxygens (including phenoxy) is 4. The summed E-state index contributed by atoms with van der Waals surface area (Å²) in [6.45, 7) is 12.5. The monoisotopic (exact) mass is 288 g/mol. The van der Waals surface area contributed by atoms with Crippen molar-refractivity contribution in [2.45, 2.75) is 26.3 Å². The maximum Gasteiger partial charge on any atom is 0.108 e. The van der Waals surface area contributed by atoms with Crippen LogP contribution in [0.25, 0.3) is 0 Å². The molecule has 0 spiro atoms. The van der Waals surface area contributed by atoms with Gasteiger partial charge in [-0.25, -0.2) is 0 Å². The van der Waals surface area contributed by atoms with Crippen LogP contribution in [0.3, 0.4) is 0 Å². The van der Waals surface area contributed by atoms with Crippen molar-refractivity contribution in [3.63, 3.8) is 0 Å². The zero-order chi connectivity index (χ0) is 14.2. The standard InChI is InChI=1S/C14H28N2O4/c1-13(15-3-7-17-8-4-15)19-11-12-20-14(2)16-5-9-18-10-6-16/h13-14H,3-12H2,1-2H3. The van der Waals surface area contributed by atoms with E-state index in [9.17, 15) is 0 Å². The van der Waals surface area contributed by atoms with Crippen LogP contribution in [0.1, 0.15) is 13.8 Å². The molecule has 6 heteroatoms. The first kappa shape index (κ1) is 16.1. The van der Waals surface area contributed by atoms with Gasteiger partial charge in [0.05, 0.1) is 39.6 Å². The van der Waals surface area contributed by atoms with Crippen LogP contribution in [0.5, 0.6) is 0 Å². The molecule has 2 heterocycles. The van der Waals surface area contributed by atoms with E-state index in [0.717, 1.165) is 52.6 Å². The molecule has 2 atom stereocenters. The van der Waals surface area contributed by atoms with Crippen LogP contribution in [0.4, 0.5) is 0 Å². The van der Waals surface area contributed by atoms with E-state index in [1.807, 2.05) is 0 Å². The number of nitrogens with zero attached hydrogens (tertiary/aromatic N) is 2. The van der Waals surface area contributed by atoms with Crippen molar-refractivity contribution in [1.82, 2.24) is 9.80 Å². The van der Waals surface area contributed by atoms with E-state index >= 15 is 0 Å². The molecule has 0 saturated carbocycles. The lowest BCUT2D eigenvalue weighted by molar-refractivity contribution is -0.125. The molecule has 2 aliphatic rings. The Kier molecular flexibility index (Phi) is 7.19. The maximum absolute atomic E-state index is 5.82. The smallest absolute Gasteiger partial charge is 0.108 e. The molecule has 118 valence electrons. The molecule has 2 fully saturated rings. The first-order chi connectivity index (χ1) is 9.77. The third-order valence-electron chi connectivity index (χ3n) is 3.92. The van der Waals surface area contributed by atoms with Crippen LogP contribution in [0, 0.1) is 0 Å². The average molecular weight is 288 g/mol. The van der Waals surface area contributed by atoms with E-state index in [-0.39, 0.29) is 12.5 Å². The molecule has 0 aromatic carbocycles. The SMILES string of the molecule is CC(OCCOC(C)N1CCOCC1)N1CCOCC1. The quantitative estimate of drug-likeness (QED) is 0.631. The average Bonchev–Trinajstić information content (AvgIpc) is 2.53. The minimum Gasteiger partial charge on any atom is -0.379 e. The second-order valence-corrected chi connectivity index (χ2v) is 5.24. The van der Waals surface area contributed by atoms with Gasteiger partial charge in [-0.3, -0.25) is 9.80 Å². The van der Waals surface area contributed by atoms with Gasteiger partial charge in [-0.2, -0.15) is 0 Å². The van der Waals surface area contributed by atoms with Crippen LogP contribution >= 0.6 is 0 Å². The fourth-order valence-electron chi connectivity index (χ4n) is 2.53. The highest BCUT2D eigenvalue weighted by molar-refractivity contribution is 4.64. The maximum atomic E-state index is 5.82. The van der Waals surface area contributed by atoms with Crippen LogP contribution in [-0.4, -0.2) is 88.1 Å². The Hall–Kier alpha value is -0.240. The number of morpholine rings is 2. The van der Waals surface area contributed by atoms with Crippen molar-refractivity contribution in [3.8, 4) is 0 Å². The van der Waals surface area contributed by atoms with Crippen LogP contribution in [0.15, 0.2) is 0 Å². The lowest BCUT2D eigenvalue weighted by Gasteiger charge is -2.33. The predicted molar refractivity (Wildman–Crippen MR) is 75.6 cm³/mol. The predicted octanol–water partition coefficient (Wildman–Crippen LogP) is 0.376. The van der Waals surface area contributed by atoms with E-state index in [1.54, 1.807) is 0 Å². The third-order valence-corrected chi connectivity index (χ3v) is 3.92. The summed E-state index contributed by atoms with van der Waals surface area (Å²) in [6.07, 6.45) is 0.280. The molecule has 2 aliphatic heterocycles. The Bertz CT molecular complexity index is 230. The Morgan fingerprint density at radius 3 is 1.45 bits per heavy atom. The van der Waals surface area contributed by atoms with Crippen molar-refractivity contribution in [2.24, 2.45) is 0 Å². The lowest BCUT2D eigenvalue weighted by atomic mass is 10.4.